The van der Waals surface area contributed by atoms with Crippen molar-refractivity contribution in [3.63, 3.8) is 0 Å². The molecule has 1 saturated carbocycles. The highest BCUT2D eigenvalue weighted by molar-refractivity contribution is 5.61. The normalized spacial score (nSPS) is 18.3. The van der Waals surface area contributed by atoms with Gasteiger partial charge in [0.15, 0.2) is 0 Å². The maximum atomic E-state index is 12.3. The highest BCUT2D eigenvalue weighted by Crippen LogP contribution is 2.27. The maximum Gasteiger partial charge on any atom is 0.508 e. The molecule has 1 rings (SSSR count). The second-order valence-electron chi connectivity index (χ2n) is 13.4. The Morgan fingerprint density at radius 3 is 1.11 bits per heavy atom. The number of ether oxygens (including phenoxy) is 5. The molecule has 2 atom stereocenters. The molecule has 1 aliphatic carbocycles. The first kappa shape index (κ1) is 39.8. The Kier molecular flexibility index (Phi) is 23.6. The first-order valence-corrected chi connectivity index (χ1v) is 17.7. The highest BCUT2D eigenvalue weighted by Gasteiger charge is 2.36. The second-order valence-corrected chi connectivity index (χ2v) is 13.4. The van der Waals surface area contributed by atoms with Crippen LogP contribution in [0.4, 0.5) is 14.4 Å². The maximum absolute atomic E-state index is 12.3. The number of carbonyl (C=O) groups excluding carboxylic acids is 2. The minimum absolute atomic E-state index is 0.186. The van der Waals surface area contributed by atoms with Crippen LogP contribution in [0.2, 0.25) is 0 Å². The monoisotopic (exact) mass is 628 g/mol. The fraction of sp³-hybridized carbons (Fsp3) is 0.914. The van der Waals surface area contributed by atoms with Crippen LogP contribution in [0, 0.1) is 11.8 Å². The number of hydrogen-bond acceptors (Lipinski definition) is 8. The van der Waals surface area contributed by atoms with Crippen molar-refractivity contribution in [1.29, 1.82) is 0 Å². The van der Waals surface area contributed by atoms with Crippen LogP contribution >= 0.6 is 0 Å². The topological polar surface area (TPSA) is 118 Å². The first-order valence-electron chi connectivity index (χ1n) is 17.7. The average Bonchev–Trinajstić information content (AvgIpc) is 2.93. The molecule has 0 aromatic rings. The third-order valence-corrected chi connectivity index (χ3v) is 8.16. The summed E-state index contributed by atoms with van der Waals surface area (Å²) in [7, 11) is 0. The molecule has 258 valence electrons. The van der Waals surface area contributed by atoms with Crippen LogP contribution in [0.5, 0.6) is 0 Å². The molecule has 0 spiro atoms. The fourth-order valence-electron chi connectivity index (χ4n) is 5.68. The van der Waals surface area contributed by atoms with Crippen molar-refractivity contribution in [3.05, 3.63) is 0 Å². The fourth-order valence-corrected chi connectivity index (χ4v) is 5.68. The van der Waals surface area contributed by atoms with Gasteiger partial charge in [0.05, 0.1) is 13.2 Å². The first-order chi connectivity index (χ1) is 21.2. The van der Waals surface area contributed by atoms with E-state index in [9.17, 15) is 14.4 Å². The van der Waals surface area contributed by atoms with E-state index in [2.05, 4.69) is 27.7 Å². The Labute approximate surface area is 267 Å². The van der Waals surface area contributed by atoms with Gasteiger partial charge in [-0.05, 0) is 24.7 Å². The lowest BCUT2D eigenvalue weighted by atomic mass is 9.92. The van der Waals surface area contributed by atoms with E-state index in [1.165, 1.54) is 77.0 Å². The van der Waals surface area contributed by atoms with Gasteiger partial charge in [-0.1, -0.05) is 130 Å². The molecule has 0 radical (unpaired) electrons. The van der Waals surface area contributed by atoms with E-state index in [0.29, 0.717) is 0 Å². The lowest BCUT2D eigenvalue weighted by Gasteiger charge is -2.32. The van der Waals surface area contributed by atoms with Crippen LogP contribution in [0.25, 0.3) is 0 Å². The van der Waals surface area contributed by atoms with Crippen LogP contribution in [0.1, 0.15) is 163 Å². The van der Waals surface area contributed by atoms with Crippen molar-refractivity contribution in [3.8, 4) is 0 Å². The number of unbranched alkanes of at least 4 members (excludes halogenated alkanes) is 14. The van der Waals surface area contributed by atoms with Crippen LogP contribution in [0.3, 0.4) is 0 Å². The van der Waals surface area contributed by atoms with Gasteiger partial charge in [0.2, 0.25) is 0 Å². The molecular formula is C35H64O9. The molecule has 0 aliphatic heterocycles. The zero-order valence-electron chi connectivity index (χ0n) is 28.4. The molecule has 1 aliphatic rings. The number of carbonyl (C=O) groups is 3. The Hall–Kier alpha value is -2.19. The molecule has 0 aromatic heterocycles. The van der Waals surface area contributed by atoms with Crippen molar-refractivity contribution in [1.82, 2.24) is 0 Å². The summed E-state index contributed by atoms with van der Waals surface area (Å²) in [5.41, 5.74) is 0. The van der Waals surface area contributed by atoms with Crippen LogP contribution < -0.4 is 0 Å². The van der Waals surface area contributed by atoms with Crippen molar-refractivity contribution in [2.45, 2.75) is 181 Å². The van der Waals surface area contributed by atoms with Gasteiger partial charge in [0.1, 0.15) is 18.3 Å². The lowest BCUT2D eigenvalue weighted by Crippen LogP contribution is -2.40. The van der Waals surface area contributed by atoms with Gasteiger partial charge in [-0.3, -0.25) is 0 Å². The van der Waals surface area contributed by atoms with E-state index in [-0.39, 0.29) is 32.5 Å². The summed E-state index contributed by atoms with van der Waals surface area (Å²) in [5.74, 6) is 1.57. The van der Waals surface area contributed by atoms with E-state index in [4.69, 9.17) is 28.8 Å². The number of hydrogen-bond donors (Lipinski definition) is 1. The van der Waals surface area contributed by atoms with E-state index in [1.807, 2.05) is 0 Å². The third-order valence-electron chi connectivity index (χ3n) is 8.16. The Bertz CT molecular complexity index is 688. The predicted molar refractivity (Wildman–Crippen MR) is 172 cm³/mol. The molecule has 0 amide bonds. The molecule has 1 fully saturated rings. The molecule has 44 heavy (non-hydrogen) atoms. The summed E-state index contributed by atoms with van der Waals surface area (Å²) in [5, 5.41) is 9.07. The summed E-state index contributed by atoms with van der Waals surface area (Å²) in [6.45, 7) is 9.62. The van der Waals surface area contributed by atoms with Crippen molar-refractivity contribution in [2.24, 2.45) is 11.8 Å². The van der Waals surface area contributed by atoms with Gasteiger partial charge in [-0.25, -0.2) is 14.4 Å². The molecule has 0 saturated heterocycles. The average molecular weight is 629 g/mol. The quantitative estimate of drug-likeness (QED) is 0.0598. The minimum atomic E-state index is -1.43. The van der Waals surface area contributed by atoms with E-state index in [0.717, 1.165) is 50.4 Å². The second kappa shape index (κ2) is 26.1. The molecule has 9 nitrogen and oxygen atoms in total. The zero-order valence-corrected chi connectivity index (χ0v) is 28.4. The molecular weight excluding hydrogens is 564 g/mol. The summed E-state index contributed by atoms with van der Waals surface area (Å²) in [4.78, 5) is 35.6. The van der Waals surface area contributed by atoms with Gasteiger partial charge < -0.3 is 28.8 Å². The molecule has 9 heteroatoms. The molecule has 0 aromatic carbocycles. The number of carboxylic acid groups (broad SMARTS) is 1. The van der Waals surface area contributed by atoms with Gasteiger partial charge in [-0.2, -0.15) is 0 Å². The molecule has 0 heterocycles. The smallest absolute Gasteiger partial charge is 0.450 e. The van der Waals surface area contributed by atoms with E-state index in [1.54, 1.807) is 0 Å². The Morgan fingerprint density at radius 2 is 0.795 bits per heavy atom. The summed E-state index contributed by atoms with van der Waals surface area (Å²) in [6.07, 6.45) is 16.5. The summed E-state index contributed by atoms with van der Waals surface area (Å²) in [6, 6.07) is 0. The van der Waals surface area contributed by atoms with Crippen LogP contribution in [-0.2, 0) is 23.7 Å². The molecule has 0 bridgehead atoms. The molecule has 1 N–H and O–H groups in total. The van der Waals surface area contributed by atoms with E-state index >= 15 is 0 Å². The van der Waals surface area contributed by atoms with Crippen LogP contribution in [0.15, 0.2) is 0 Å². The largest absolute Gasteiger partial charge is 0.508 e. The summed E-state index contributed by atoms with van der Waals surface area (Å²) >= 11 is 0. The zero-order chi connectivity index (χ0) is 32.4. The third kappa shape index (κ3) is 24.2. The SMILES string of the molecule is CC(C)CCCCCCCCCCOC(=O)OC1CC(OC(=O)O)CC(OC(=O)OCCCCCCCCCCC(C)C)C1. The van der Waals surface area contributed by atoms with E-state index < -0.39 is 36.8 Å². The lowest BCUT2D eigenvalue weighted by molar-refractivity contribution is -0.0739. The summed E-state index contributed by atoms with van der Waals surface area (Å²) < 4.78 is 26.2. The Balaban J connectivity index is 2.19. The van der Waals surface area contributed by atoms with Gasteiger partial charge >= 0.3 is 18.5 Å². The van der Waals surface area contributed by atoms with Crippen molar-refractivity contribution >= 4 is 18.5 Å². The van der Waals surface area contributed by atoms with Crippen molar-refractivity contribution in [2.75, 3.05) is 13.2 Å². The Morgan fingerprint density at radius 1 is 0.500 bits per heavy atom. The number of rotatable bonds is 25. The van der Waals surface area contributed by atoms with Gasteiger partial charge in [-0.15, -0.1) is 0 Å². The van der Waals surface area contributed by atoms with Gasteiger partial charge in [0, 0.05) is 19.3 Å². The van der Waals surface area contributed by atoms with Crippen LogP contribution in [-0.4, -0.2) is 55.1 Å². The van der Waals surface area contributed by atoms with Crippen molar-refractivity contribution < 1.29 is 43.2 Å². The standard InChI is InChI=1S/C35H64O9/c1-28(2)21-17-13-9-5-7-11-15-19-23-40-34(38)43-31-25-30(42-33(36)37)26-32(27-31)44-35(39)41-24-20-16-12-8-6-10-14-18-22-29(3)4/h28-32H,5-27H2,1-4H3,(H,36,37). The van der Waals surface area contributed by atoms with Gasteiger partial charge in [0.25, 0.3) is 0 Å². The highest BCUT2D eigenvalue weighted by atomic mass is 16.7. The molecule has 2 unspecified atom stereocenters. The predicted octanol–water partition coefficient (Wildman–Crippen LogP) is 10.6. The minimum Gasteiger partial charge on any atom is -0.450 e.